The lowest BCUT2D eigenvalue weighted by atomic mass is 10.1. The molecule has 2 N–H and O–H groups in total. The van der Waals surface area contributed by atoms with E-state index >= 15 is 0 Å². The quantitative estimate of drug-likeness (QED) is 0.545. The monoisotopic (exact) mass is 408 g/mol. The Kier molecular flexibility index (Phi) is 7.06. The summed E-state index contributed by atoms with van der Waals surface area (Å²) in [4.78, 5) is 19.6. The molecule has 1 amide bonds. The van der Waals surface area contributed by atoms with Gasteiger partial charge in [0.1, 0.15) is 5.76 Å². The second-order valence-electron chi connectivity index (χ2n) is 8.30. The van der Waals surface area contributed by atoms with Crippen molar-refractivity contribution in [2.45, 2.75) is 51.1 Å². The van der Waals surface area contributed by atoms with Crippen molar-refractivity contribution in [3.63, 3.8) is 0 Å². The fraction of sp³-hybridized carbons (Fsp3) is 0.500. The first-order valence-electron chi connectivity index (χ1n) is 11.2. The Morgan fingerprint density at radius 3 is 2.70 bits per heavy atom. The molecule has 2 aromatic rings. The summed E-state index contributed by atoms with van der Waals surface area (Å²) in [5.74, 6) is 2.36. The molecule has 30 heavy (non-hydrogen) atoms. The SMILES string of the molecule is O=C(C1CCCC1)N1CCC(NC(=NCc2ccccc2)NCCc2ccco2)C1. The van der Waals surface area contributed by atoms with E-state index in [1.54, 1.807) is 6.26 Å². The summed E-state index contributed by atoms with van der Waals surface area (Å²) in [6.45, 7) is 2.96. The van der Waals surface area contributed by atoms with Crippen LogP contribution in [0.5, 0.6) is 0 Å². The van der Waals surface area contributed by atoms with Crippen molar-refractivity contribution in [3.05, 3.63) is 60.1 Å². The van der Waals surface area contributed by atoms with Crippen LogP contribution in [0.1, 0.15) is 43.4 Å². The van der Waals surface area contributed by atoms with Crippen LogP contribution in [0.3, 0.4) is 0 Å². The van der Waals surface area contributed by atoms with E-state index in [2.05, 4.69) is 22.8 Å². The maximum atomic E-state index is 12.7. The van der Waals surface area contributed by atoms with Crippen LogP contribution < -0.4 is 10.6 Å². The normalized spacial score (nSPS) is 19.9. The third kappa shape index (κ3) is 5.65. The van der Waals surface area contributed by atoms with E-state index in [4.69, 9.17) is 9.41 Å². The Balaban J connectivity index is 1.33. The summed E-state index contributed by atoms with van der Waals surface area (Å²) in [6, 6.07) is 14.4. The van der Waals surface area contributed by atoms with Crippen molar-refractivity contribution >= 4 is 11.9 Å². The van der Waals surface area contributed by atoms with Crippen LogP contribution in [0.15, 0.2) is 58.1 Å². The molecule has 0 spiro atoms. The van der Waals surface area contributed by atoms with Gasteiger partial charge in [0.15, 0.2) is 5.96 Å². The average Bonchev–Trinajstić information content (AvgIpc) is 3.55. The van der Waals surface area contributed by atoms with Gasteiger partial charge in [-0.1, -0.05) is 43.2 Å². The van der Waals surface area contributed by atoms with Gasteiger partial charge in [-0.3, -0.25) is 4.79 Å². The first kappa shape index (κ1) is 20.5. The van der Waals surface area contributed by atoms with Gasteiger partial charge in [-0.2, -0.15) is 0 Å². The molecule has 6 heteroatoms. The van der Waals surface area contributed by atoms with Crippen LogP contribution >= 0.6 is 0 Å². The van der Waals surface area contributed by atoms with Crippen LogP contribution in [0.4, 0.5) is 0 Å². The summed E-state index contributed by atoms with van der Waals surface area (Å²) in [5.41, 5.74) is 1.18. The Bertz CT molecular complexity index is 813. The Morgan fingerprint density at radius 1 is 1.10 bits per heavy atom. The summed E-state index contributed by atoms with van der Waals surface area (Å²) in [6.07, 6.45) is 7.98. The highest BCUT2D eigenvalue weighted by Crippen LogP contribution is 2.27. The summed E-state index contributed by atoms with van der Waals surface area (Å²) >= 11 is 0. The fourth-order valence-corrected chi connectivity index (χ4v) is 4.37. The molecule has 0 radical (unpaired) electrons. The van der Waals surface area contributed by atoms with Crippen molar-refractivity contribution < 1.29 is 9.21 Å². The molecule has 1 saturated carbocycles. The number of aliphatic imine (C=N–C) groups is 1. The van der Waals surface area contributed by atoms with Gasteiger partial charge in [0.25, 0.3) is 0 Å². The molecule has 160 valence electrons. The highest BCUT2D eigenvalue weighted by atomic mass is 16.3. The number of hydrogen-bond acceptors (Lipinski definition) is 3. The number of carbonyl (C=O) groups excluding carboxylic acids is 1. The number of benzene rings is 1. The highest BCUT2D eigenvalue weighted by molar-refractivity contribution is 5.81. The topological polar surface area (TPSA) is 69.9 Å². The first-order valence-corrected chi connectivity index (χ1v) is 11.2. The lowest BCUT2D eigenvalue weighted by Crippen LogP contribution is -2.46. The lowest BCUT2D eigenvalue weighted by Gasteiger charge is -2.21. The summed E-state index contributed by atoms with van der Waals surface area (Å²) in [7, 11) is 0. The minimum absolute atomic E-state index is 0.237. The number of likely N-dealkylation sites (tertiary alicyclic amines) is 1. The molecular weight excluding hydrogens is 376 g/mol. The maximum Gasteiger partial charge on any atom is 0.225 e. The smallest absolute Gasteiger partial charge is 0.225 e. The van der Waals surface area contributed by atoms with Gasteiger partial charge in [-0.25, -0.2) is 4.99 Å². The van der Waals surface area contributed by atoms with Crippen LogP contribution in [-0.4, -0.2) is 42.4 Å². The number of hydrogen-bond donors (Lipinski definition) is 2. The molecule has 1 atom stereocenters. The van der Waals surface area contributed by atoms with E-state index in [1.807, 2.05) is 35.2 Å². The number of carbonyl (C=O) groups is 1. The molecule has 4 rings (SSSR count). The average molecular weight is 409 g/mol. The van der Waals surface area contributed by atoms with Crippen molar-refractivity contribution in [1.82, 2.24) is 15.5 Å². The Hall–Kier alpha value is -2.76. The molecule has 1 unspecified atom stereocenters. The minimum atomic E-state index is 0.237. The van der Waals surface area contributed by atoms with Gasteiger partial charge in [-0.15, -0.1) is 0 Å². The summed E-state index contributed by atoms with van der Waals surface area (Å²) < 4.78 is 5.42. The number of amides is 1. The minimum Gasteiger partial charge on any atom is -0.469 e. The Morgan fingerprint density at radius 2 is 1.93 bits per heavy atom. The van der Waals surface area contributed by atoms with Crippen molar-refractivity contribution in [2.75, 3.05) is 19.6 Å². The van der Waals surface area contributed by atoms with Gasteiger partial charge in [0, 0.05) is 38.0 Å². The van der Waals surface area contributed by atoms with Gasteiger partial charge < -0.3 is 20.0 Å². The van der Waals surface area contributed by atoms with E-state index < -0.39 is 0 Å². The molecule has 6 nitrogen and oxygen atoms in total. The van der Waals surface area contributed by atoms with Gasteiger partial charge in [-0.05, 0) is 37.0 Å². The standard InChI is InChI=1S/C24H32N4O2/c29-23(20-9-4-5-10-20)28-15-13-21(18-28)27-24(25-14-12-22-11-6-16-30-22)26-17-19-7-2-1-3-8-19/h1-3,6-8,11,16,20-21H,4-5,9-10,12-15,17-18H2,(H2,25,26,27). The number of nitrogens with one attached hydrogen (secondary N) is 2. The van der Waals surface area contributed by atoms with Gasteiger partial charge >= 0.3 is 0 Å². The zero-order valence-electron chi connectivity index (χ0n) is 17.6. The molecule has 1 aliphatic heterocycles. The summed E-state index contributed by atoms with van der Waals surface area (Å²) in [5, 5.41) is 6.99. The second kappa shape index (κ2) is 10.3. The zero-order valence-corrected chi connectivity index (χ0v) is 17.6. The highest BCUT2D eigenvalue weighted by Gasteiger charge is 2.32. The fourth-order valence-electron chi connectivity index (χ4n) is 4.37. The van der Waals surface area contributed by atoms with Crippen molar-refractivity contribution in [2.24, 2.45) is 10.9 Å². The van der Waals surface area contributed by atoms with Gasteiger partial charge in [0.2, 0.25) is 5.91 Å². The van der Waals surface area contributed by atoms with Crippen molar-refractivity contribution in [1.29, 1.82) is 0 Å². The van der Waals surface area contributed by atoms with E-state index in [0.29, 0.717) is 12.5 Å². The number of nitrogens with zero attached hydrogens (tertiary/aromatic N) is 2. The molecule has 2 aliphatic rings. The number of furan rings is 1. The largest absolute Gasteiger partial charge is 0.469 e. The predicted molar refractivity (Wildman–Crippen MR) is 118 cm³/mol. The molecule has 1 aromatic heterocycles. The number of guanidine groups is 1. The molecule has 0 bridgehead atoms. The van der Waals surface area contributed by atoms with Crippen molar-refractivity contribution in [3.8, 4) is 0 Å². The molecule has 2 heterocycles. The Labute approximate surface area is 178 Å². The molecule has 1 saturated heterocycles. The third-order valence-corrected chi connectivity index (χ3v) is 6.05. The van der Waals surface area contributed by atoms with E-state index in [0.717, 1.165) is 57.0 Å². The van der Waals surface area contributed by atoms with Crippen LogP contribution in [0.2, 0.25) is 0 Å². The third-order valence-electron chi connectivity index (χ3n) is 6.05. The molecular formula is C24H32N4O2. The predicted octanol–water partition coefficient (Wildman–Crippen LogP) is 3.35. The maximum absolute atomic E-state index is 12.7. The zero-order chi connectivity index (χ0) is 20.6. The number of rotatable bonds is 7. The lowest BCUT2D eigenvalue weighted by molar-refractivity contribution is -0.134. The molecule has 1 aliphatic carbocycles. The van der Waals surface area contributed by atoms with E-state index in [9.17, 15) is 4.79 Å². The first-order chi connectivity index (χ1) is 14.8. The van der Waals surface area contributed by atoms with E-state index in [1.165, 1.54) is 18.4 Å². The van der Waals surface area contributed by atoms with Crippen LogP contribution in [0, 0.1) is 5.92 Å². The van der Waals surface area contributed by atoms with Crippen LogP contribution in [0.25, 0.3) is 0 Å². The van der Waals surface area contributed by atoms with Crippen LogP contribution in [-0.2, 0) is 17.8 Å². The molecule has 2 fully saturated rings. The second-order valence-corrected chi connectivity index (χ2v) is 8.30. The van der Waals surface area contributed by atoms with E-state index in [-0.39, 0.29) is 12.0 Å². The molecule has 1 aromatic carbocycles. The van der Waals surface area contributed by atoms with Gasteiger partial charge in [0.05, 0.1) is 12.8 Å².